The number of amides is 1. The first kappa shape index (κ1) is 15.4. The summed E-state index contributed by atoms with van der Waals surface area (Å²) in [6.45, 7) is 0. The molecular weight excluding hydrogens is 281 g/mol. The van der Waals surface area contributed by atoms with E-state index in [1.54, 1.807) is 0 Å². The molecule has 4 heteroatoms. The minimum Gasteiger partial charge on any atom is -0.351 e. The van der Waals surface area contributed by atoms with Crippen molar-refractivity contribution >= 4 is 29.1 Å². The largest absolute Gasteiger partial charge is 0.351 e. The average molecular weight is 306 g/mol. The molecule has 0 aliphatic heterocycles. The predicted molar refractivity (Wildman–Crippen MR) is 80.6 cm³/mol. The summed E-state index contributed by atoms with van der Waals surface area (Å²) in [5.41, 5.74) is 0. The number of hydrogen-bond acceptors (Lipinski definition) is 1. The van der Waals surface area contributed by atoms with Crippen molar-refractivity contribution in [2.75, 3.05) is 0 Å². The van der Waals surface area contributed by atoms with E-state index in [1.165, 1.54) is 51.4 Å². The summed E-state index contributed by atoms with van der Waals surface area (Å²) in [5.74, 6) is 1.61. The van der Waals surface area contributed by atoms with E-state index in [9.17, 15) is 4.79 Å². The summed E-state index contributed by atoms with van der Waals surface area (Å²) in [6, 6.07) is 0.287. The Hall–Kier alpha value is 0.0500. The number of halogens is 2. The number of alkyl halides is 2. The molecule has 0 spiro atoms. The fraction of sp³-hybridized carbons (Fsp3) is 0.933. The molecule has 110 valence electrons. The van der Waals surface area contributed by atoms with E-state index < -0.39 is 4.84 Å². The van der Waals surface area contributed by atoms with Crippen molar-refractivity contribution in [3.8, 4) is 0 Å². The maximum absolute atomic E-state index is 11.4. The molecule has 19 heavy (non-hydrogen) atoms. The lowest BCUT2D eigenvalue weighted by atomic mass is 9.76. The second kappa shape index (κ2) is 7.73. The van der Waals surface area contributed by atoms with Crippen LogP contribution < -0.4 is 5.32 Å². The summed E-state index contributed by atoms with van der Waals surface area (Å²) >= 11 is 11.1. The van der Waals surface area contributed by atoms with Crippen molar-refractivity contribution < 1.29 is 4.79 Å². The number of hydrogen-bond donors (Lipinski definition) is 1. The van der Waals surface area contributed by atoms with Crippen LogP contribution in [-0.2, 0) is 4.79 Å². The molecule has 0 aromatic heterocycles. The molecule has 2 aliphatic carbocycles. The molecule has 0 atom stereocenters. The Morgan fingerprint density at radius 1 is 0.947 bits per heavy atom. The second-order valence-corrected chi connectivity index (χ2v) is 7.36. The molecule has 0 unspecified atom stereocenters. The van der Waals surface area contributed by atoms with Gasteiger partial charge in [-0.05, 0) is 43.9 Å². The van der Waals surface area contributed by atoms with Gasteiger partial charge in [0, 0.05) is 6.04 Å². The molecular formula is C15H25Cl2NO. The van der Waals surface area contributed by atoms with Gasteiger partial charge in [-0.2, -0.15) is 0 Å². The maximum atomic E-state index is 11.4. The van der Waals surface area contributed by atoms with E-state index in [4.69, 9.17) is 23.2 Å². The van der Waals surface area contributed by atoms with Gasteiger partial charge in [0.2, 0.25) is 0 Å². The van der Waals surface area contributed by atoms with Gasteiger partial charge in [-0.25, -0.2) is 0 Å². The van der Waals surface area contributed by atoms with Gasteiger partial charge < -0.3 is 5.32 Å². The van der Waals surface area contributed by atoms with E-state index >= 15 is 0 Å². The highest BCUT2D eigenvalue weighted by atomic mass is 35.5. The van der Waals surface area contributed by atoms with Crippen molar-refractivity contribution in [1.82, 2.24) is 5.32 Å². The first-order chi connectivity index (χ1) is 9.15. The molecule has 2 fully saturated rings. The van der Waals surface area contributed by atoms with Crippen LogP contribution in [0.5, 0.6) is 0 Å². The summed E-state index contributed by atoms with van der Waals surface area (Å²) in [4.78, 5) is 10.5. The van der Waals surface area contributed by atoms with E-state index in [-0.39, 0.29) is 11.9 Å². The number of nitrogens with one attached hydrogen (secondary N) is 1. The van der Waals surface area contributed by atoms with E-state index in [0.29, 0.717) is 0 Å². The number of carbonyl (C=O) groups is 1. The van der Waals surface area contributed by atoms with Crippen molar-refractivity contribution in [3.05, 3.63) is 0 Å². The van der Waals surface area contributed by atoms with Crippen molar-refractivity contribution in [2.24, 2.45) is 11.8 Å². The molecule has 1 amide bonds. The summed E-state index contributed by atoms with van der Waals surface area (Å²) in [6.07, 6.45) is 13.3. The molecule has 2 saturated carbocycles. The van der Waals surface area contributed by atoms with Crippen molar-refractivity contribution in [3.63, 3.8) is 0 Å². The Morgan fingerprint density at radius 3 is 2.11 bits per heavy atom. The van der Waals surface area contributed by atoms with Crippen LogP contribution in [0.4, 0.5) is 0 Å². The quantitative estimate of drug-likeness (QED) is 0.765. The van der Waals surface area contributed by atoms with Crippen LogP contribution in [0, 0.1) is 11.8 Å². The summed E-state index contributed by atoms with van der Waals surface area (Å²) in [7, 11) is 0. The van der Waals surface area contributed by atoms with Gasteiger partial charge in [0.15, 0.2) is 4.84 Å². The highest BCUT2D eigenvalue weighted by molar-refractivity contribution is 6.53. The second-order valence-electron chi connectivity index (χ2n) is 6.27. The van der Waals surface area contributed by atoms with Crippen LogP contribution in [0.2, 0.25) is 0 Å². The molecule has 0 saturated heterocycles. The smallest absolute Gasteiger partial charge is 0.253 e. The lowest BCUT2D eigenvalue weighted by Crippen LogP contribution is -2.40. The highest BCUT2D eigenvalue weighted by Gasteiger charge is 2.26. The Labute approximate surface area is 126 Å². The third-order valence-electron chi connectivity index (χ3n) is 4.78. The average Bonchev–Trinajstić information content (AvgIpc) is 2.42. The van der Waals surface area contributed by atoms with Crippen LogP contribution in [0.1, 0.15) is 64.2 Å². The van der Waals surface area contributed by atoms with Crippen molar-refractivity contribution in [2.45, 2.75) is 75.1 Å². The molecule has 0 heterocycles. The van der Waals surface area contributed by atoms with E-state index in [1.807, 2.05) is 0 Å². The van der Waals surface area contributed by atoms with Crippen LogP contribution in [0.25, 0.3) is 0 Å². The van der Waals surface area contributed by atoms with Gasteiger partial charge >= 0.3 is 0 Å². The third-order valence-corrected chi connectivity index (χ3v) is 5.18. The predicted octanol–water partition coefficient (Wildman–Crippen LogP) is 4.44. The summed E-state index contributed by atoms with van der Waals surface area (Å²) < 4.78 is 0. The molecule has 2 aliphatic rings. The molecule has 0 radical (unpaired) electrons. The lowest BCUT2D eigenvalue weighted by Gasteiger charge is -2.32. The zero-order valence-corrected chi connectivity index (χ0v) is 13.1. The zero-order valence-electron chi connectivity index (χ0n) is 11.5. The Balaban J connectivity index is 1.65. The van der Waals surface area contributed by atoms with Crippen LogP contribution >= 0.6 is 23.2 Å². The van der Waals surface area contributed by atoms with Gasteiger partial charge in [0.1, 0.15) is 0 Å². The summed E-state index contributed by atoms with van der Waals surface area (Å²) in [5, 5.41) is 2.94. The first-order valence-corrected chi connectivity index (χ1v) is 8.61. The Bertz CT molecular complexity index is 282. The Morgan fingerprint density at radius 2 is 1.53 bits per heavy atom. The minimum absolute atomic E-state index is 0.237. The molecule has 0 aromatic carbocycles. The van der Waals surface area contributed by atoms with Crippen molar-refractivity contribution in [1.29, 1.82) is 0 Å². The molecule has 0 bridgehead atoms. The van der Waals surface area contributed by atoms with Gasteiger partial charge in [-0.1, -0.05) is 55.3 Å². The standard InChI is InChI=1S/C15H25Cl2NO/c16-14(17)15(19)18-13-8-6-12(7-9-13)10-11-4-2-1-3-5-11/h11-14H,1-10H2,(H,18,19). The lowest BCUT2D eigenvalue weighted by molar-refractivity contribution is -0.120. The van der Waals surface area contributed by atoms with E-state index in [0.717, 1.165) is 24.7 Å². The third kappa shape index (κ3) is 5.15. The molecule has 2 rings (SSSR count). The normalized spacial score (nSPS) is 29.4. The molecule has 2 nitrogen and oxygen atoms in total. The highest BCUT2D eigenvalue weighted by Crippen LogP contribution is 2.35. The van der Waals surface area contributed by atoms with Crippen LogP contribution in [0.15, 0.2) is 0 Å². The monoisotopic (exact) mass is 305 g/mol. The SMILES string of the molecule is O=C(NC1CCC(CC2CCCCC2)CC1)C(Cl)Cl. The molecule has 0 aromatic rings. The number of carbonyl (C=O) groups excluding carboxylic acids is 1. The van der Waals surface area contributed by atoms with Crippen LogP contribution in [0.3, 0.4) is 0 Å². The topological polar surface area (TPSA) is 29.1 Å². The van der Waals surface area contributed by atoms with Gasteiger partial charge in [0.25, 0.3) is 5.91 Å². The fourth-order valence-corrected chi connectivity index (χ4v) is 3.83. The van der Waals surface area contributed by atoms with Gasteiger partial charge in [-0.15, -0.1) is 0 Å². The van der Waals surface area contributed by atoms with Gasteiger partial charge in [-0.3, -0.25) is 4.79 Å². The first-order valence-electron chi connectivity index (χ1n) is 7.73. The van der Waals surface area contributed by atoms with Gasteiger partial charge in [0.05, 0.1) is 0 Å². The maximum Gasteiger partial charge on any atom is 0.253 e. The van der Waals surface area contributed by atoms with E-state index in [2.05, 4.69) is 5.32 Å². The zero-order chi connectivity index (χ0) is 13.7. The fourth-order valence-electron chi connectivity index (χ4n) is 3.70. The Kier molecular flexibility index (Phi) is 6.28. The molecule has 1 N–H and O–H groups in total. The van der Waals surface area contributed by atoms with Crippen LogP contribution in [-0.4, -0.2) is 16.8 Å². The minimum atomic E-state index is -0.931. The number of rotatable bonds is 4.